The molecule has 16 heavy (non-hydrogen) atoms. The smallest absolute Gasteiger partial charge is 0.150 e. The van der Waals surface area contributed by atoms with Crippen molar-refractivity contribution in [3.05, 3.63) is 45.4 Å². The lowest BCUT2D eigenvalue weighted by atomic mass is 10.2. The molecule has 0 radical (unpaired) electrons. The van der Waals surface area contributed by atoms with Crippen LogP contribution in [0.25, 0.3) is 0 Å². The fourth-order valence-corrected chi connectivity index (χ4v) is 3.13. The number of nitrogens with zero attached hydrogens (tertiary/aromatic N) is 1. The molecule has 1 aromatic heterocycles. The first-order valence-corrected chi connectivity index (χ1v) is 6.99. The van der Waals surface area contributed by atoms with Gasteiger partial charge in [0, 0.05) is 22.9 Å². The van der Waals surface area contributed by atoms with Crippen molar-refractivity contribution in [1.29, 1.82) is 0 Å². The highest BCUT2D eigenvalue weighted by atomic mass is 79.9. The van der Waals surface area contributed by atoms with Gasteiger partial charge in [0.2, 0.25) is 0 Å². The summed E-state index contributed by atoms with van der Waals surface area (Å²) in [4.78, 5) is 4.04. The summed E-state index contributed by atoms with van der Waals surface area (Å²) in [6.07, 6.45) is 1.67. The third kappa shape index (κ3) is 2.61. The van der Waals surface area contributed by atoms with E-state index in [4.69, 9.17) is 0 Å². The van der Waals surface area contributed by atoms with E-state index in [1.54, 1.807) is 6.20 Å². The fourth-order valence-electron chi connectivity index (χ4n) is 1.12. The highest BCUT2D eigenvalue weighted by molar-refractivity contribution is 9.10. The highest BCUT2D eigenvalue weighted by Gasteiger charge is 2.12. The molecule has 1 nitrogen and oxygen atoms in total. The molecule has 0 saturated heterocycles. The van der Waals surface area contributed by atoms with E-state index in [1.807, 2.05) is 5.38 Å². The lowest BCUT2D eigenvalue weighted by Crippen LogP contribution is -1.94. The van der Waals surface area contributed by atoms with Crippen LogP contribution in [0.2, 0.25) is 0 Å². The molecule has 0 atom stereocenters. The number of thiazole rings is 1. The zero-order valence-electron chi connectivity index (χ0n) is 7.91. The van der Waals surface area contributed by atoms with E-state index < -0.39 is 11.6 Å². The van der Waals surface area contributed by atoms with Gasteiger partial charge in [0.1, 0.15) is 16.0 Å². The summed E-state index contributed by atoms with van der Waals surface area (Å²) in [5.41, 5.74) is 0.0783. The summed E-state index contributed by atoms with van der Waals surface area (Å²) in [5.74, 6) is -0.821. The quantitative estimate of drug-likeness (QED) is 0.610. The molecule has 0 spiro atoms. The van der Waals surface area contributed by atoms with Crippen molar-refractivity contribution in [2.45, 2.75) is 10.1 Å². The summed E-state index contributed by atoms with van der Waals surface area (Å²) in [6, 6.07) is 2.62. The molecule has 0 bridgehead atoms. The van der Waals surface area contributed by atoms with E-state index in [9.17, 15) is 8.78 Å². The van der Waals surface area contributed by atoms with Crippen LogP contribution in [0.4, 0.5) is 8.78 Å². The Morgan fingerprint density at radius 1 is 1.38 bits per heavy atom. The largest absolute Gasteiger partial charge is 0.238 e. The number of thioether (sulfide) groups is 1. The first kappa shape index (κ1) is 12.0. The Hall–Kier alpha value is -0.460. The van der Waals surface area contributed by atoms with E-state index in [1.165, 1.54) is 35.2 Å². The number of hydrogen-bond acceptors (Lipinski definition) is 3. The van der Waals surface area contributed by atoms with Crippen LogP contribution in [0.1, 0.15) is 5.56 Å². The number of benzene rings is 1. The number of hydrogen-bond donors (Lipinski definition) is 0. The van der Waals surface area contributed by atoms with Crippen molar-refractivity contribution >= 4 is 39.0 Å². The van der Waals surface area contributed by atoms with Crippen molar-refractivity contribution in [3.63, 3.8) is 0 Å². The minimum Gasteiger partial charge on any atom is -0.238 e. The third-order valence-corrected chi connectivity index (χ3v) is 4.49. The first-order valence-electron chi connectivity index (χ1n) is 4.33. The van der Waals surface area contributed by atoms with E-state index in [-0.39, 0.29) is 15.8 Å². The Kier molecular flexibility index (Phi) is 3.94. The van der Waals surface area contributed by atoms with Gasteiger partial charge in [0.25, 0.3) is 0 Å². The van der Waals surface area contributed by atoms with Crippen LogP contribution in [0.5, 0.6) is 0 Å². The minimum absolute atomic E-state index is 0.0783. The van der Waals surface area contributed by atoms with Crippen molar-refractivity contribution in [2.24, 2.45) is 0 Å². The van der Waals surface area contributed by atoms with Gasteiger partial charge in [-0.2, -0.15) is 0 Å². The minimum atomic E-state index is -0.538. The molecule has 0 saturated carbocycles. The van der Waals surface area contributed by atoms with Crippen LogP contribution < -0.4 is 0 Å². The summed E-state index contributed by atoms with van der Waals surface area (Å²) in [5, 5.41) is 1.83. The van der Waals surface area contributed by atoms with E-state index >= 15 is 0 Å². The molecule has 1 heterocycles. The standard InChI is InChI=1S/C10H6BrF2NS2/c11-7-1-2-8(12)6(9(7)13)5-16-10-14-3-4-15-10/h1-4H,5H2. The summed E-state index contributed by atoms with van der Waals surface area (Å²) < 4.78 is 28.0. The summed E-state index contributed by atoms with van der Waals surface area (Å²) in [6.45, 7) is 0. The predicted molar refractivity (Wildman–Crippen MR) is 65.7 cm³/mol. The zero-order valence-corrected chi connectivity index (χ0v) is 11.1. The Morgan fingerprint density at radius 3 is 2.88 bits per heavy atom. The second-order valence-corrected chi connectivity index (χ2v) is 5.88. The topological polar surface area (TPSA) is 12.9 Å². The number of halogens is 3. The molecular formula is C10H6BrF2NS2. The van der Waals surface area contributed by atoms with Gasteiger partial charge in [0.15, 0.2) is 0 Å². The number of rotatable bonds is 3. The van der Waals surface area contributed by atoms with Crippen LogP contribution in [0, 0.1) is 11.6 Å². The van der Waals surface area contributed by atoms with Crippen molar-refractivity contribution < 1.29 is 8.78 Å². The van der Waals surface area contributed by atoms with Gasteiger partial charge in [-0.05, 0) is 28.1 Å². The molecule has 1 aromatic carbocycles. The lowest BCUT2D eigenvalue weighted by molar-refractivity contribution is 0.562. The maximum absolute atomic E-state index is 13.6. The van der Waals surface area contributed by atoms with Crippen LogP contribution in [0.3, 0.4) is 0 Å². The van der Waals surface area contributed by atoms with Crippen LogP contribution in [0.15, 0.2) is 32.5 Å². The molecule has 84 valence electrons. The first-order chi connectivity index (χ1) is 7.68. The average molecular weight is 322 g/mol. The summed E-state index contributed by atoms with van der Waals surface area (Å²) >= 11 is 5.81. The Morgan fingerprint density at radius 2 is 2.19 bits per heavy atom. The molecule has 2 aromatic rings. The van der Waals surface area contributed by atoms with Crippen molar-refractivity contribution in [1.82, 2.24) is 4.98 Å². The van der Waals surface area contributed by atoms with Gasteiger partial charge >= 0.3 is 0 Å². The van der Waals surface area contributed by atoms with Crippen molar-refractivity contribution in [3.8, 4) is 0 Å². The van der Waals surface area contributed by atoms with Gasteiger partial charge in [-0.25, -0.2) is 13.8 Å². The molecule has 0 unspecified atom stereocenters. The molecule has 6 heteroatoms. The molecule has 0 amide bonds. The van der Waals surface area contributed by atoms with Gasteiger partial charge < -0.3 is 0 Å². The third-order valence-electron chi connectivity index (χ3n) is 1.89. The van der Waals surface area contributed by atoms with Crippen LogP contribution in [-0.2, 0) is 5.75 Å². The molecule has 2 rings (SSSR count). The van der Waals surface area contributed by atoms with Crippen molar-refractivity contribution in [2.75, 3.05) is 0 Å². The SMILES string of the molecule is Fc1ccc(Br)c(F)c1CSc1nccs1. The second-order valence-electron chi connectivity index (χ2n) is 2.91. The number of aromatic nitrogens is 1. The van der Waals surface area contributed by atoms with E-state index in [2.05, 4.69) is 20.9 Å². The second kappa shape index (κ2) is 5.25. The molecule has 0 aliphatic carbocycles. The normalized spacial score (nSPS) is 10.7. The molecule has 0 fully saturated rings. The van der Waals surface area contributed by atoms with Gasteiger partial charge in [-0.1, -0.05) is 11.8 Å². The molecule has 0 N–H and O–H groups in total. The zero-order chi connectivity index (χ0) is 11.5. The lowest BCUT2D eigenvalue weighted by Gasteiger charge is -2.04. The highest BCUT2D eigenvalue weighted by Crippen LogP contribution is 2.29. The Labute approximate surface area is 108 Å². The monoisotopic (exact) mass is 321 g/mol. The van der Waals surface area contributed by atoms with E-state index in [0.29, 0.717) is 0 Å². The van der Waals surface area contributed by atoms with Crippen LogP contribution in [-0.4, -0.2) is 4.98 Å². The molecule has 0 aliphatic rings. The predicted octanol–water partition coefficient (Wildman–Crippen LogP) is 4.48. The summed E-state index contributed by atoms with van der Waals surface area (Å²) in [7, 11) is 0. The molecular weight excluding hydrogens is 316 g/mol. The van der Waals surface area contributed by atoms with Gasteiger partial charge in [-0.3, -0.25) is 0 Å². The van der Waals surface area contributed by atoms with E-state index in [0.717, 1.165) is 4.34 Å². The van der Waals surface area contributed by atoms with Gasteiger partial charge in [0.05, 0.1) is 4.47 Å². The Balaban J connectivity index is 2.18. The fraction of sp³-hybridized carbons (Fsp3) is 0.100. The molecule has 0 aliphatic heterocycles. The van der Waals surface area contributed by atoms with Gasteiger partial charge in [-0.15, -0.1) is 11.3 Å². The van der Waals surface area contributed by atoms with Crippen LogP contribution >= 0.6 is 39.0 Å². The average Bonchev–Trinajstić information content (AvgIpc) is 2.77. The maximum Gasteiger partial charge on any atom is 0.150 e. The Bertz CT molecular complexity index is 488. The maximum atomic E-state index is 13.6.